The normalized spacial score (nSPS) is 12.2. The first-order valence-electron chi connectivity index (χ1n) is 10.5. The van der Waals surface area contributed by atoms with Crippen molar-refractivity contribution >= 4 is 17.1 Å². The Morgan fingerprint density at radius 1 is 1.00 bits per heavy atom. The summed E-state index contributed by atoms with van der Waals surface area (Å²) in [6.45, 7) is 7.33. The van der Waals surface area contributed by atoms with Crippen LogP contribution in [0.15, 0.2) is 52.7 Å². The monoisotopic (exact) mass is 397 g/mol. The maximum absolute atomic E-state index is 10.7. The number of hydrogen-bond donors (Lipinski definition) is 0. The average molecular weight is 398 g/mol. The van der Waals surface area contributed by atoms with Crippen molar-refractivity contribution in [1.29, 1.82) is 0 Å². The molecular weight excluding hydrogens is 366 g/mol. The standard InChI is InChI=1S/C23H31N3O3/c1-4-7-9-18(6-3)17-29-23-15-12-21(16-19(23)8-5-2)25-24-20-10-13-22(14-11-20)26(27)28/h10-16,18H,4-9,17H2,1-3H3. The van der Waals surface area contributed by atoms with Crippen LogP contribution in [0.1, 0.15) is 58.4 Å². The van der Waals surface area contributed by atoms with E-state index in [-0.39, 0.29) is 5.69 Å². The fourth-order valence-corrected chi connectivity index (χ4v) is 3.10. The van der Waals surface area contributed by atoms with Crippen molar-refractivity contribution < 1.29 is 9.66 Å². The van der Waals surface area contributed by atoms with Gasteiger partial charge in [0.05, 0.1) is 22.9 Å². The third-order valence-corrected chi connectivity index (χ3v) is 4.92. The number of nitrogens with zero attached hydrogens (tertiary/aromatic N) is 3. The molecule has 1 unspecified atom stereocenters. The fourth-order valence-electron chi connectivity index (χ4n) is 3.10. The zero-order valence-corrected chi connectivity index (χ0v) is 17.6. The van der Waals surface area contributed by atoms with E-state index in [0.29, 0.717) is 11.6 Å². The molecule has 0 bridgehead atoms. The topological polar surface area (TPSA) is 77.1 Å². The summed E-state index contributed by atoms with van der Waals surface area (Å²) in [5.41, 5.74) is 2.50. The number of ether oxygens (including phenoxy) is 1. The number of hydrogen-bond acceptors (Lipinski definition) is 5. The highest BCUT2D eigenvalue weighted by Gasteiger charge is 2.10. The number of non-ortho nitro benzene ring substituents is 1. The lowest BCUT2D eigenvalue weighted by Crippen LogP contribution is -2.12. The van der Waals surface area contributed by atoms with E-state index >= 15 is 0 Å². The molecule has 156 valence electrons. The van der Waals surface area contributed by atoms with Gasteiger partial charge in [0.15, 0.2) is 0 Å². The maximum Gasteiger partial charge on any atom is 0.269 e. The van der Waals surface area contributed by atoms with E-state index in [9.17, 15) is 10.1 Å². The van der Waals surface area contributed by atoms with Crippen molar-refractivity contribution in [3.8, 4) is 5.75 Å². The van der Waals surface area contributed by atoms with E-state index in [1.807, 2.05) is 18.2 Å². The number of aryl methyl sites for hydroxylation is 1. The largest absolute Gasteiger partial charge is 0.493 e. The van der Waals surface area contributed by atoms with Crippen LogP contribution in [-0.4, -0.2) is 11.5 Å². The Morgan fingerprint density at radius 3 is 2.31 bits per heavy atom. The van der Waals surface area contributed by atoms with Gasteiger partial charge in [-0.2, -0.15) is 10.2 Å². The van der Waals surface area contributed by atoms with Gasteiger partial charge in [-0.05, 0) is 54.7 Å². The summed E-state index contributed by atoms with van der Waals surface area (Å²) in [4.78, 5) is 10.3. The Hall–Kier alpha value is -2.76. The minimum absolute atomic E-state index is 0.0417. The van der Waals surface area contributed by atoms with Crippen LogP contribution in [0.4, 0.5) is 17.1 Å². The van der Waals surface area contributed by atoms with E-state index in [0.717, 1.165) is 42.9 Å². The predicted octanol–water partition coefficient (Wildman–Crippen LogP) is 7.56. The van der Waals surface area contributed by atoms with Gasteiger partial charge in [0.25, 0.3) is 5.69 Å². The predicted molar refractivity (Wildman–Crippen MR) is 117 cm³/mol. The molecule has 2 aromatic rings. The number of nitro groups is 1. The maximum atomic E-state index is 10.7. The molecule has 0 aliphatic rings. The van der Waals surface area contributed by atoms with Crippen LogP contribution in [0.3, 0.4) is 0 Å². The van der Waals surface area contributed by atoms with Gasteiger partial charge in [-0.25, -0.2) is 0 Å². The molecule has 0 spiro atoms. The summed E-state index contributed by atoms with van der Waals surface area (Å²) in [5.74, 6) is 1.52. The van der Waals surface area contributed by atoms with Crippen molar-refractivity contribution in [2.75, 3.05) is 6.61 Å². The lowest BCUT2D eigenvalue weighted by molar-refractivity contribution is -0.384. The third kappa shape index (κ3) is 7.29. The van der Waals surface area contributed by atoms with Crippen molar-refractivity contribution in [3.63, 3.8) is 0 Å². The van der Waals surface area contributed by atoms with Crippen LogP contribution in [-0.2, 0) is 6.42 Å². The summed E-state index contributed by atoms with van der Waals surface area (Å²) in [5, 5.41) is 19.2. The first-order valence-corrected chi connectivity index (χ1v) is 10.5. The van der Waals surface area contributed by atoms with E-state index in [2.05, 4.69) is 31.0 Å². The average Bonchev–Trinajstić information content (AvgIpc) is 2.74. The fraction of sp³-hybridized carbons (Fsp3) is 0.478. The van der Waals surface area contributed by atoms with Gasteiger partial charge in [0.1, 0.15) is 5.75 Å². The van der Waals surface area contributed by atoms with E-state index in [1.54, 1.807) is 12.1 Å². The van der Waals surface area contributed by atoms with Gasteiger partial charge in [0.2, 0.25) is 0 Å². The summed E-state index contributed by atoms with van der Waals surface area (Å²) >= 11 is 0. The quantitative estimate of drug-likeness (QED) is 0.211. The lowest BCUT2D eigenvalue weighted by atomic mass is 10.0. The molecule has 0 saturated heterocycles. The van der Waals surface area contributed by atoms with Crippen LogP contribution in [0.25, 0.3) is 0 Å². The molecule has 0 aromatic heterocycles. The molecule has 0 aliphatic carbocycles. The van der Waals surface area contributed by atoms with Gasteiger partial charge in [-0.1, -0.05) is 46.5 Å². The number of unbranched alkanes of at least 4 members (excludes halogenated alkanes) is 1. The molecule has 0 radical (unpaired) electrons. The highest BCUT2D eigenvalue weighted by molar-refractivity contribution is 5.49. The molecule has 29 heavy (non-hydrogen) atoms. The van der Waals surface area contributed by atoms with Crippen LogP contribution >= 0.6 is 0 Å². The van der Waals surface area contributed by atoms with Gasteiger partial charge in [-0.15, -0.1) is 0 Å². The Morgan fingerprint density at radius 2 is 1.69 bits per heavy atom. The van der Waals surface area contributed by atoms with Gasteiger partial charge in [-0.3, -0.25) is 10.1 Å². The molecule has 6 nitrogen and oxygen atoms in total. The van der Waals surface area contributed by atoms with Gasteiger partial charge >= 0.3 is 0 Å². The molecule has 2 aromatic carbocycles. The molecule has 1 atom stereocenters. The second kappa shape index (κ2) is 11.9. The number of azo groups is 1. The zero-order valence-electron chi connectivity index (χ0n) is 17.6. The van der Waals surface area contributed by atoms with Crippen LogP contribution in [0.2, 0.25) is 0 Å². The molecule has 0 amide bonds. The van der Waals surface area contributed by atoms with Gasteiger partial charge < -0.3 is 4.74 Å². The Bertz CT molecular complexity index is 804. The summed E-state index contributed by atoms with van der Waals surface area (Å²) in [6.07, 6.45) is 6.73. The lowest BCUT2D eigenvalue weighted by Gasteiger charge is -2.17. The smallest absolute Gasteiger partial charge is 0.269 e. The molecule has 0 saturated carbocycles. The second-order valence-electron chi connectivity index (χ2n) is 7.24. The number of benzene rings is 2. The van der Waals surface area contributed by atoms with Crippen LogP contribution in [0.5, 0.6) is 5.75 Å². The Kier molecular flexibility index (Phi) is 9.28. The first kappa shape index (κ1) is 22.5. The second-order valence-corrected chi connectivity index (χ2v) is 7.24. The van der Waals surface area contributed by atoms with E-state index in [1.165, 1.54) is 31.4 Å². The van der Waals surface area contributed by atoms with Crippen molar-refractivity contribution in [3.05, 3.63) is 58.1 Å². The molecule has 6 heteroatoms. The van der Waals surface area contributed by atoms with E-state index in [4.69, 9.17) is 4.74 Å². The Balaban J connectivity index is 2.08. The number of rotatable bonds is 12. The molecule has 2 rings (SSSR count). The molecule has 0 heterocycles. The number of nitro benzene ring substituents is 1. The zero-order chi connectivity index (χ0) is 21.1. The first-order chi connectivity index (χ1) is 14.1. The molecular formula is C23H31N3O3. The third-order valence-electron chi connectivity index (χ3n) is 4.92. The van der Waals surface area contributed by atoms with E-state index < -0.39 is 4.92 Å². The molecule has 0 fully saturated rings. The molecule has 0 aliphatic heterocycles. The van der Waals surface area contributed by atoms with Gasteiger partial charge in [0, 0.05) is 12.1 Å². The summed E-state index contributed by atoms with van der Waals surface area (Å²) in [7, 11) is 0. The minimum Gasteiger partial charge on any atom is -0.493 e. The van der Waals surface area contributed by atoms with Crippen molar-refractivity contribution in [2.24, 2.45) is 16.1 Å². The molecule has 0 N–H and O–H groups in total. The minimum atomic E-state index is -0.429. The van der Waals surface area contributed by atoms with Crippen molar-refractivity contribution in [2.45, 2.75) is 59.3 Å². The SMILES string of the molecule is CCCCC(CC)COc1ccc(N=Nc2ccc([N+](=O)[O-])cc2)cc1CCC. The summed E-state index contributed by atoms with van der Waals surface area (Å²) < 4.78 is 6.16. The van der Waals surface area contributed by atoms with Crippen LogP contribution in [0, 0.1) is 16.0 Å². The van der Waals surface area contributed by atoms with Crippen molar-refractivity contribution in [1.82, 2.24) is 0 Å². The summed E-state index contributed by atoms with van der Waals surface area (Å²) in [6, 6.07) is 11.9. The van der Waals surface area contributed by atoms with Crippen LogP contribution < -0.4 is 4.74 Å². The Labute approximate surface area is 173 Å². The highest BCUT2D eigenvalue weighted by atomic mass is 16.6. The highest BCUT2D eigenvalue weighted by Crippen LogP contribution is 2.28.